The van der Waals surface area contributed by atoms with Crippen molar-refractivity contribution >= 4 is 33.4 Å². The highest BCUT2D eigenvalue weighted by molar-refractivity contribution is 7.18. The first kappa shape index (κ1) is 18.6. The predicted molar refractivity (Wildman–Crippen MR) is 109 cm³/mol. The van der Waals surface area contributed by atoms with Crippen LogP contribution in [0.5, 0.6) is 0 Å². The third-order valence-electron chi connectivity index (χ3n) is 5.26. The number of rotatable bonds is 7. The molecule has 0 aliphatic heterocycles. The number of esters is 1. The highest BCUT2D eigenvalue weighted by Gasteiger charge is 2.47. The number of para-hydroxylation sites is 1. The number of fused-ring (bicyclic) bond motifs is 1. The number of nitrogens with zero attached hydrogens (tertiary/aromatic N) is 1. The molecule has 0 spiro atoms. The van der Waals surface area contributed by atoms with Crippen LogP contribution < -0.4 is 5.32 Å². The molecule has 5 nitrogen and oxygen atoms in total. The van der Waals surface area contributed by atoms with Crippen LogP contribution in [0.25, 0.3) is 10.2 Å². The average molecular weight is 394 g/mol. The quantitative estimate of drug-likeness (QED) is 0.622. The van der Waals surface area contributed by atoms with Gasteiger partial charge < -0.3 is 10.1 Å². The van der Waals surface area contributed by atoms with Gasteiger partial charge in [-0.3, -0.25) is 9.59 Å². The fourth-order valence-electron chi connectivity index (χ4n) is 3.55. The zero-order chi connectivity index (χ0) is 19.4. The average Bonchev–Trinajstić information content (AvgIpc) is 3.09. The maximum Gasteiger partial charge on any atom is 0.317 e. The monoisotopic (exact) mass is 394 g/mol. The minimum atomic E-state index is -0.581. The van der Waals surface area contributed by atoms with E-state index < -0.39 is 5.41 Å². The van der Waals surface area contributed by atoms with Gasteiger partial charge in [0.2, 0.25) is 0 Å². The molecule has 4 rings (SSSR count). The summed E-state index contributed by atoms with van der Waals surface area (Å²) in [6.45, 7) is 0.229. The number of thiazole rings is 1. The Morgan fingerprint density at radius 3 is 2.54 bits per heavy atom. The summed E-state index contributed by atoms with van der Waals surface area (Å²) in [5, 5.41) is 3.79. The number of carbonyl (C=O) groups excluding carboxylic acids is 2. The van der Waals surface area contributed by atoms with Crippen molar-refractivity contribution in [2.45, 2.75) is 31.1 Å². The molecular weight excluding hydrogens is 372 g/mol. The standard InChI is InChI=1S/C22H22N2O3S/c25-19(23-14-11-20-24-17-9-4-5-10-18(17)28-20)15-27-21(26)22(12-6-13-22)16-7-2-1-3-8-16/h1-5,7-10H,6,11-15H2,(H,23,25). The summed E-state index contributed by atoms with van der Waals surface area (Å²) in [4.78, 5) is 29.3. The van der Waals surface area contributed by atoms with Gasteiger partial charge in [-0.05, 0) is 30.5 Å². The normalized spacial score (nSPS) is 15.0. The lowest BCUT2D eigenvalue weighted by atomic mass is 9.64. The van der Waals surface area contributed by atoms with E-state index in [-0.39, 0.29) is 18.5 Å². The molecule has 0 saturated heterocycles. The van der Waals surface area contributed by atoms with Gasteiger partial charge in [0.1, 0.15) is 0 Å². The van der Waals surface area contributed by atoms with Crippen molar-refractivity contribution in [3.63, 3.8) is 0 Å². The number of hydrogen-bond donors (Lipinski definition) is 1. The summed E-state index contributed by atoms with van der Waals surface area (Å²) >= 11 is 1.63. The maximum atomic E-state index is 12.6. The van der Waals surface area contributed by atoms with Crippen molar-refractivity contribution in [2.75, 3.05) is 13.2 Å². The van der Waals surface area contributed by atoms with Crippen LogP contribution in [0.4, 0.5) is 0 Å². The third-order valence-corrected chi connectivity index (χ3v) is 6.35. The van der Waals surface area contributed by atoms with E-state index in [1.165, 1.54) is 0 Å². The van der Waals surface area contributed by atoms with E-state index in [4.69, 9.17) is 4.74 Å². The summed E-state index contributed by atoms with van der Waals surface area (Å²) in [6.07, 6.45) is 3.20. The summed E-state index contributed by atoms with van der Waals surface area (Å²) in [7, 11) is 0. The molecule has 3 aromatic rings. The van der Waals surface area contributed by atoms with Crippen LogP contribution in [0.2, 0.25) is 0 Å². The van der Waals surface area contributed by atoms with Crippen molar-refractivity contribution in [1.82, 2.24) is 10.3 Å². The Balaban J connectivity index is 1.25. The van der Waals surface area contributed by atoms with Gasteiger partial charge in [-0.25, -0.2) is 4.98 Å². The van der Waals surface area contributed by atoms with Crippen LogP contribution >= 0.6 is 11.3 Å². The third kappa shape index (κ3) is 3.78. The Morgan fingerprint density at radius 1 is 1.07 bits per heavy atom. The molecule has 144 valence electrons. The van der Waals surface area contributed by atoms with Gasteiger partial charge in [-0.15, -0.1) is 11.3 Å². The Bertz CT molecular complexity index is 947. The molecule has 1 N–H and O–H groups in total. The number of ether oxygens (including phenoxy) is 1. The number of benzene rings is 2. The summed E-state index contributed by atoms with van der Waals surface area (Å²) in [5.74, 6) is -0.580. The molecule has 0 atom stereocenters. The molecule has 1 aliphatic rings. The minimum Gasteiger partial charge on any atom is -0.455 e. The Labute approximate surface area is 167 Å². The molecule has 6 heteroatoms. The Morgan fingerprint density at radius 2 is 1.82 bits per heavy atom. The van der Waals surface area contributed by atoms with Crippen LogP contribution in [0, 0.1) is 0 Å². The van der Waals surface area contributed by atoms with Crippen LogP contribution in [-0.4, -0.2) is 30.0 Å². The van der Waals surface area contributed by atoms with E-state index in [9.17, 15) is 9.59 Å². The molecule has 1 saturated carbocycles. The molecule has 1 aliphatic carbocycles. The molecule has 1 fully saturated rings. The number of nitrogens with one attached hydrogen (secondary N) is 1. The molecule has 1 heterocycles. The second-order valence-electron chi connectivity index (χ2n) is 7.05. The predicted octanol–water partition coefficient (Wildman–Crippen LogP) is 3.62. The lowest BCUT2D eigenvalue weighted by Crippen LogP contribution is -2.45. The van der Waals surface area contributed by atoms with Crippen molar-refractivity contribution in [3.05, 3.63) is 65.2 Å². The highest BCUT2D eigenvalue weighted by atomic mass is 32.1. The molecule has 0 radical (unpaired) electrons. The summed E-state index contributed by atoms with van der Waals surface area (Å²) in [5.41, 5.74) is 1.37. The fourth-order valence-corrected chi connectivity index (χ4v) is 4.52. The Hall–Kier alpha value is -2.73. The molecular formula is C22H22N2O3S. The second-order valence-corrected chi connectivity index (χ2v) is 8.17. The van der Waals surface area contributed by atoms with Crippen molar-refractivity contribution < 1.29 is 14.3 Å². The first-order valence-corrected chi connectivity index (χ1v) is 10.3. The van der Waals surface area contributed by atoms with Crippen molar-refractivity contribution in [3.8, 4) is 0 Å². The van der Waals surface area contributed by atoms with Crippen molar-refractivity contribution in [1.29, 1.82) is 0 Å². The lowest BCUT2D eigenvalue weighted by molar-refractivity contribution is -0.157. The van der Waals surface area contributed by atoms with Gasteiger partial charge in [-0.1, -0.05) is 48.9 Å². The van der Waals surface area contributed by atoms with Crippen LogP contribution in [0.3, 0.4) is 0 Å². The van der Waals surface area contributed by atoms with E-state index in [2.05, 4.69) is 10.3 Å². The van der Waals surface area contributed by atoms with Crippen LogP contribution in [0.15, 0.2) is 54.6 Å². The Kier molecular flexibility index (Phi) is 5.39. The number of carbonyl (C=O) groups is 2. The fraction of sp³-hybridized carbons (Fsp3) is 0.318. The number of amides is 1. The molecule has 28 heavy (non-hydrogen) atoms. The molecule has 1 amide bonds. The van der Waals surface area contributed by atoms with E-state index in [0.717, 1.165) is 40.1 Å². The van der Waals surface area contributed by atoms with Crippen molar-refractivity contribution in [2.24, 2.45) is 0 Å². The summed E-state index contributed by atoms with van der Waals surface area (Å²) in [6, 6.07) is 17.7. The summed E-state index contributed by atoms with van der Waals surface area (Å²) < 4.78 is 6.50. The van der Waals surface area contributed by atoms with Gasteiger partial charge in [-0.2, -0.15) is 0 Å². The number of hydrogen-bond acceptors (Lipinski definition) is 5. The molecule has 1 aromatic heterocycles. The van der Waals surface area contributed by atoms with E-state index >= 15 is 0 Å². The van der Waals surface area contributed by atoms with Crippen LogP contribution in [0.1, 0.15) is 29.8 Å². The van der Waals surface area contributed by atoms with Gasteiger partial charge in [0.05, 0.1) is 20.6 Å². The lowest BCUT2D eigenvalue weighted by Gasteiger charge is -2.39. The first-order valence-electron chi connectivity index (χ1n) is 9.51. The van der Waals surface area contributed by atoms with Gasteiger partial charge in [0.15, 0.2) is 6.61 Å². The topological polar surface area (TPSA) is 68.3 Å². The molecule has 2 aromatic carbocycles. The number of aromatic nitrogens is 1. The minimum absolute atomic E-state index is 0.243. The maximum absolute atomic E-state index is 12.6. The first-order chi connectivity index (χ1) is 13.7. The molecule has 0 bridgehead atoms. The largest absolute Gasteiger partial charge is 0.455 e. The van der Waals surface area contributed by atoms with E-state index in [0.29, 0.717) is 13.0 Å². The highest BCUT2D eigenvalue weighted by Crippen LogP contribution is 2.44. The van der Waals surface area contributed by atoms with Gasteiger partial charge in [0, 0.05) is 13.0 Å². The van der Waals surface area contributed by atoms with E-state index in [1.807, 2.05) is 54.6 Å². The zero-order valence-electron chi connectivity index (χ0n) is 15.5. The van der Waals surface area contributed by atoms with Crippen LogP contribution in [-0.2, 0) is 26.2 Å². The van der Waals surface area contributed by atoms with E-state index in [1.54, 1.807) is 11.3 Å². The smallest absolute Gasteiger partial charge is 0.317 e. The molecule has 0 unspecified atom stereocenters. The van der Waals surface area contributed by atoms with Gasteiger partial charge >= 0.3 is 5.97 Å². The zero-order valence-corrected chi connectivity index (χ0v) is 16.3. The van der Waals surface area contributed by atoms with Gasteiger partial charge in [0.25, 0.3) is 5.91 Å². The second kappa shape index (κ2) is 8.10. The SMILES string of the molecule is O=C(COC(=O)C1(c2ccccc2)CCC1)NCCc1nc2ccccc2s1.